The number of amides is 2. The smallest absolute Gasteiger partial charge is 0.318 e. The molecule has 1 aromatic carbocycles. The monoisotopic (exact) mass is 342 g/mol. The lowest BCUT2D eigenvalue weighted by Crippen LogP contribution is -2.50. The summed E-state index contributed by atoms with van der Waals surface area (Å²) >= 11 is 0. The summed E-state index contributed by atoms with van der Waals surface area (Å²) in [5, 5.41) is 3.20. The van der Waals surface area contributed by atoms with Crippen LogP contribution in [0.5, 0.6) is 0 Å². The number of hydrogen-bond donors (Lipinski definition) is 2. The van der Waals surface area contributed by atoms with Crippen molar-refractivity contribution >= 4 is 17.1 Å². The first-order valence-electron chi connectivity index (χ1n) is 9.39. The highest BCUT2D eigenvalue weighted by Gasteiger charge is 2.34. The lowest BCUT2D eigenvalue weighted by atomic mass is 10.0. The molecule has 6 heteroatoms. The van der Waals surface area contributed by atoms with Gasteiger partial charge in [0, 0.05) is 13.2 Å². The Kier molecular flexibility index (Phi) is 4.61. The number of nitrogens with zero attached hydrogens (tertiary/aromatic N) is 2. The molecule has 134 valence electrons. The lowest BCUT2D eigenvalue weighted by molar-refractivity contribution is 0.0918. The van der Waals surface area contributed by atoms with Crippen LogP contribution in [0.2, 0.25) is 0 Å². The zero-order chi connectivity index (χ0) is 17.2. The quantitative estimate of drug-likeness (QED) is 0.898. The first-order chi connectivity index (χ1) is 12.3. The Morgan fingerprint density at radius 3 is 3.08 bits per heavy atom. The molecule has 25 heavy (non-hydrogen) atoms. The van der Waals surface area contributed by atoms with Gasteiger partial charge in [0.1, 0.15) is 5.82 Å². The van der Waals surface area contributed by atoms with E-state index in [1.54, 1.807) is 0 Å². The minimum atomic E-state index is 0.0131. The van der Waals surface area contributed by atoms with E-state index in [2.05, 4.69) is 17.2 Å². The highest BCUT2D eigenvalue weighted by molar-refractivity contribution is 5.77. The van der Waals surface area contributed by atoms with Gasteiger partial charge in [-0.15, -0.1) is 0 Å². The molecule has 0 bridgehead atoms. The summed E-state index contributed by atoms with van der Waals surface area (Å²) in [7, 11) is 0. The molecule has 1 unspecified atom stereocenters. The Hall–Kier alpha value is -2.08. The van der Waals surface area contributed by atoms with Crippen LogP contribution < -0.4 is 5.32 Å². The number of carbonyl (C=O) groups excluding carboxylic acids is 1. The normalized spacial score (nSPS) is 26.9. The third-order valence-corrected chi connectivity index (χ3v) is 5.41. The molecule has 0 spiro atoms. The maximum absolute atomic E-state index is 12.9. The van der Waals surface area contributed by atoms with E-state index in [-0.39, 0.29) is 24.2 Å². The zero-order valence-corrected chi connectivity index (χ0v) is 14.7. The third kappa shape index (κ3) is 3.23. The second-order valence-corrected chi connectivity index (χ2v) is 7.01. The number of rotatable bonds is 3. The van der Waals surface area contributed by atoms with Crippen molar-refractivity contribution in [2.24, 2.45) is 0 Å². The topological polar surface area (TPSA) is 70.2 Å². The Morgan fingerprint density at radius 1 is 1.36 bits per heavy atom. The van der Waals surface area contributed by atoms with Crippen molar-refractivity contribution in [2.45, 2.75) is 57.2 Å². The van der Waals surface area contributed by atoms with Crippen LogP contribution in [0, 0.1) is 0 Å². The predicted octanol–water partition coefficient (Wildman–Crippen LogP) is 3.37. The van der Waals surface area contributed by atoms with E-state index in [1.165, 1.54) is 0 Å². The summed E-state index contributed by atoms with van der Waals surface area (Å²) in [6, 6.07) is 8.17. The number of H-pyrrole nitrogens is 1. The number of ether oxygens (including phenoxy) is 1. The largest absolute Gasteiger partial charge is 0.376 e. The van der Waals surface area contributed by atoms with E-state index in [1.807, 2.05) is 29.2 Å². The summed E-state index contributed by atoms with van der Waals surface area (Å²) in [5.74, 6) is 0.894. The molecular formula is C19H26N4O2. The molecule has 4 rings (SSSR count). The van der Waals surface area contributed by atoms with Gasteiger partial charge in [0.2, 0.25) is 0 Å². The minimum absolute atomic E-state index is 0.0131. The Balaban J connectivity index is 1.53. The molecule has 0 aliphatic carbocycles. The molecule has 2 aliphatic heterocycles. The second kappa shape index (κ2) is 7.04. The van der Waals surface area contributed by atoms with Crippen LogP contribution in [0.25, 0.3) is 11.0 Å². The molecule has 1 aromatic heterocycles. The summed E-state index contributed by atoms with van der Waals surface area (Å²) in [6.07, 6.45) is 5.08. The van der Waals surface area contributed by atoms with E-state index >= 15 is 0 Å². The third-order valence-electron chi connectivity index (χ3n) is 5.41. The molecule has 3 heterocycles. The Morgan fingerprint density at radius 2 is 2.24 bits per heavy atom. The average Bonchev–Trinajstić information content (AvgIpc) is 3.27. The summed E-state index contributed by atoms with van der Waals surface area (Å²) in [4.78, 5) is 23.0. The number of para-hydroxylation sites is 2. The average molecular weight is 342 g/mol. The Labute approximate surface area is 147 Å². The number of benzene rings is 1. The number of piperidine rings is 1. The number of urea groups is 1. The van der Waals surface area contributed by atoms with Crippen LogP contribution in [-0.2, 0) is 4.74 Å². The number of imidazole rings is 1. The van der Waals surface area contributed by atoms with Gasteiger partial charge >= 0.3 is 6.03 Å². The van der Waals surface area contributed by atoms with Gasteiger partial charge in [-0.05, 0) is 44.2 Å². The number of likely N-dealkylation sites (tertiary alicyclic amines) is 1. The summed E-state index contributed by atoms with van der Waals surface area (Å²) in [5.41, 5.74) is 1.98. The van der Waals surface area contributed by atoms with Crippen LogP contribution >= 0.6 is 0 Å². The van der Waals surface area contributed by atoms with E-state index in [9.17, 15) is 4.79 Å². The molecule has 2 fully saturated rings. The van der Waals surface area contributed by atoms with Gasteiger partial charge in [0.05, 0.1) is 29.2 Å². The van der Waals surface area contributed by atoms with Crippen LogP contribution in [0.4, 0.5) is 4.79 Å². The van der Waals surface area contributed by atoms with Crippen LogP contribution in [0.15, 0.2) is 24.3 Å². The maximum atomic E-state index is 12.9. The Bertz CT molecular complexity index is 711. The number of hydrogen-bond acceptors (Lipinski definition) is 3. The highest BCUT2D eigenvalue weighted by atomic mass is 16.5. The van der Waals surface area contributed by atoms with Gasteiger partial charge in [-0.25, -0.2) is 9.78 Å². The standard InChI is InChI=1S/C19H26N4O2/c1-2-17-15(10-12-25-17)22-19(24)23-11-6-5-9-16(23)18-20-13-7-3-4-8-14(13)21-18/h3-4,7-8,15-17H,2,5-6,9-12H2,1H3,(H,20,21)(H,22,24)/t15-,16?,17+/m1/s1. The fourth-order valence-electron chi connectivity index (χ4n) is 4.05. The molecule has 3 atom stereocenters. The highest BCUT2D eigenvalue weighted by Crippen LogP contribution is 2.31. The van der Waals surface area contributed by atoms with Crippen molar-refractivity contribution in [3.63, 3.8) is 0 Å². The number of nitrogens with one attached hydrogen (secondary N) is 2. The fourth-order valence-corrected chi connectivity index (χ4v) is 4.05. The minimum Gasteiger partial charge on any atom is -0.376 e. The van der Waals surface area contributed by atoms with E-state index in [0.29, 0.717) is 0 Å². The maximum Gasteiger partial charge on any atom is 0.318 e. The van der Waals surface area contributed by atoms with Crippen molar-refractivity contribution in [1.82, 2.24) is 20.2 Å². The van der Waals surface area contributed by atoms with Gasteiger partial charge in [-0.1, -0.05) is 19.1 Å². The van der Waals surface area contributed by atoms with Crippen molar-refractivity contribution in [3.8, 4) is 0 Å². The van der Waals surface area contributed by atoms with E-state index in [0.717, 1.165) is 62.1 Å². The van der Waals surface area contributed by atoms with Crippen LogP contribution in [0.1, 0.15) is 50.9 Å². The van der Waals surface area contributed by atoms with E-state index in [4.69, 9.17) is 9.72 Å². The first-order valence-corrected chi connectivity index (χ1v) is 9.39. The SMILES string of the molecule is CC[C@@H]1OCC[C@H]1NC(=O)N1CCCCC1c1nc2ccccc2[nH]1. The van der Waals surface area contributed by atoms with Gasteiger partial charge in [0.25, 0.3) is 0 Å². The van der Waals surface area contributed by atoms with Crippen molar-refractivity contribution in [1.29, 1.82) is 0 Å². The lowest BCUT2D eigenvalue weighted by Gasteiger charge is -2.35. The van der Waals surface area contributed by atoms with Crippen molar-refractivity contribution in [3.05, 3.63) is 30.1 Å². The van der Waals surface area contributed by atoms with E-state index < -0.39 is 0 Å². The molecule has 2 amide bonds. The molecule has 0 saturated carbocycles. The number of carbonyl (C=O) groups is 1. The van der Waals surface area contributed by atoms with Crippen LogP contribution in [0.3, 0.4) is 0 Å². The molecular weight excluding hydrogens is 316 g/mol. The number of aromatic amines is 1. The van der Waals surface area contributed by atoms with Crippen molar-refractivity contribution in [2.75, 3.05) is 13.2 Å². The van der Waals surface area contributed by atoms with Crippen LogP contribution in [-0.4, -0.2) is 46.2 Å². The molecule has 0 radical (unpaired) electrons. The molecule has 2 aromatic rings. The van der Waals surface area contributed by atoms with Gasteiger partial charge in [-0.2, -0.15) is 0 Å². The molecule has 2 aliphatic rings. The first kappa shape index (κ1) is 16.4. The van der Waals surface area contributed by atoms with Gasteiger partial charge in [0.15, 0.2) is 0 Å². The van der Waals surface area contributed by atoms with Gasteiger partial charge < -0.3 is 19.9 Å². The number of fused-ring (bicyclic) bond motifs is 1. The predicted molar refractivity (Wildman–Crippen MR) is 96.4 cm³/mol. The molecule has 6 nitrogen and oxygen atoms in total. The zero-order valence-electron chi connectivity index (χ0n) is 14.7. The summed E-state index contributed by atoms with van der Waals surface area (Å²) < 4.78 is 5.70. The summed E-state index contributed by atoms with van der Waals surface area (Å²) in [6.45, 7) is 3.61. The number of aromatic nitrogens is 2. The second-order valence-electron chi connectivity index (χ2n) is 7.01. The van der Waals surface area contributed by atoms with Gasteiger partial charge in [-0.3, -0.25) is 0 Å². The fraction of sp³-hybridized carbons (Fsp3) is 0.579. The molecule has 2 saturated heterocycles. The molecule has 2 N–H and O–H groups in total. The van der Waals surface area contributed by atoms with Crippen molar-refractivity contribution < 1.29 is 9.53 Å².